The van der Waals surface area contributed by atoms with Crippen molar-refractivity contribution in [1.29, 1.82) is 0 Å². The molecule has 1 aromatic carbocycles. The number of benzene rings is 1. The molecule has 3 rings (SSSR count). The lowest BCUT2D eigenvalue weighted by Crippen LogP contribution is -2.15. The molecule has 6 nitrogen and oxygen atoms in total. The van der Waals surface area contributed by atoms with Gasteiger partial charge >= 0.3 is 0 Å². The summed E-state index contributed by atoms with van der Waals surface area (Å²) in [6, 6.07) is 9.54. The van der Waals surface area contributed by atoms with E-state index >= 15 is 0 Å². The third kappa shape index (κ3) is 2.11. The molecule has 0 aliphatic carbocycles. The molecule has 0 spiro atoms. The van der Waals surface area contributed by atoms with Crippen LogP contribution in [0.5, 0.6) is 0 Å². The number of H-pyrrole nitrogens is 1. The summed E-state index contributed by atoms with van der Waals surface area (Å²) in [5.74, 6) is -0.119. The van der Waals surface area contributed by atoms with E-state index in [1.54, 1.807) is 30.3 Å². The van der Waals surface area contributed by atoms with Crippen LogP contribution in [0.15, 0.2) is 51.8 Å². The minimum Gasteiger partial charge on any atom is -0.451 e. The van der Waals surface area contributed by atoms with Crippen LogP contribution in [-0.2, 0) is 0 Å². The molecule has 6 heteroatoms. The number of nitrogens with zero attached hydrogens (tertiary/aromatic N) is 1. The number of carbonyl (C=O) groups is 1. The summed E-state index contributed by atoms with van der Waals surface area (Å²) in [6.45, 7) is 0. The highest BCUT2D eigenvalue weighted by molar-refractivity contribution is 6.02. The maximum atomic E-state index is 11.9. The molecule has 0 aliphatic rings. The van der Waals surface area contributed by atoms with Gasteiger partial charge in [-0.1, -0.05) is 12.1 Å². The lowest BCUT2D eigenvalue weighted by Gasteiger charge is -2.03. The lowest BCUT2D eigenvalue weighted by molar-refractivity contribution is 0.0997. The Labute approximate surface area is 107 Å². The molecule has 2 aromatic heterocycles. The summed E-state index contributed by atoms with van der Waals surface area (Å²) < 4.78 is 5.41. The highest BCUT2D eigenvalue weighted by atomic mass is 16.3. The van der Waals surface area contributed by atoms with Gasteiger partial charge in [-0.05, 0) is 12.1 Å². The minimum absolute atomic E-state index is 0.0432. The largest absolute Gasteiger partial charge is 0.451 e. The number of hydrogen-bond acceptors (Lipinski definition) is 4. The maximum Gasteiger partial charge on any atom is 0.292 e. The van der Waals surface area contributed by atoms with Crippen LogP contribution in [0.4, 0.5) is 5.82 Å². The number of aromatic nitrogens is 2. The SMILES string of the molecule is O=C(Nc1ccn[nH]1)c1cc(=O)c2ccccc2o1. The Morgan fingerprint density at radius 1 is 1.26 bits per heavy atom. The van der Waals surface area contributed by atoms with Gasteiger partial charge in [-0.3, -0.25) is 14.7 Å². The topological polar surface area (TPSA) is 88.0 Å². The standard InChI is InChI=1S/C13H9N3O3/c17-9-7-11(13(18)15-12-5-6-14-16-12)19-10-4-2-1-3-8(9)10/h1-7H,(H2,14,15,16,18). The van der Waals surface area contributed by atoms with E-state index in [0.29, 0.717) is 16.8 Å². The second-order valence-electron chi connectivity index (χ2n) is 3.90. The van der Waals surface area contributed by atoms with Crippen molar-refractivity contribution in [2.24, 2.45) is 0 Å². The highest BCUT2D eigenvalue weighted by Crippen LogP contribution is 2.12. The fourth-order valence-corrected chi connectivity index (χ4v) is 1.73. The molecule has 0 radical (unpaired) electrons. The molecule has 19 heavy (non-hydrogen) atoms. The summed E-state index contributed by atoms with van der Waals surface area (Å²) in [4.78, 5) is 23.8. The van der Waals surface area contributed by atoms with Crippen molar-refractivity contribution in [3.05, 3.63) is 58.6 Å². The summed E-state index contributed by atoms with van der Waals surface area (Å²) in [5.41, 5.74) is 0.126. The van der Waals surface area contributed by atoms with Crippen molar-refractivity contribution in [3.8, 4) is 0 Å². The average Bonchev–Trinajstić information content (AvgIpc) is 2.91. The van der Waals surface area contributed by atoms with Gasteiger partial charge in [0.25, 0.3) is 5.91 Å². The Morgan fingerprint density at radius 2 is 2.11 bits per heavy atom. The summed E-state index contributed by atoms with van der Waals surface area (Å²) >= 11 is 0. The third-order valence-electron chi connectivity index (χ3n) is 2.61. The van der Waals surface area contributed by atoms with Gasteiger partial charge in [-0.2, -0.15) is 5.10 Å². The zero-order valence-corrected chi connectivity index (χ0v) is 9.71. The van der Waals surface area contributed by atoms with Gasteiger partial charge in [0.15, 0.2) is 11.2 Å². The van der Waals surface area contributed by atoms with Crippen molar-refractivity contribution < 1.29 is 9.21 Å². The molecule has 2 N–H and O–H groups in total. The van der Waals surface area contributed by atoms with Gasteiger partial charge in [-0.25, -0.2) is 0 Å². The number of amides is 1. The Hall–Kier alpha value is -2.89. The van der Waals surface area contributed by atoms with Gasteiger partial charge in [0.2, 0.25) is 0 Å². The second-order valence-corrected chi connectivity index (χ2v) is 3.90. The first-order valence-corrected chi connectivity index (χ1v) is 5.58. The van der Waals surface area contributed by atoms with E-state index in [9.17, 15) is 9.59 Å². The van der Waals surface area contributed by atoms with Gasteiger partial charge in [0, 0.05) is 12.1 Å². The molecule has 0 saturated carbocycles. The number of hydrogen-bond donors (Lipinski definition) is 2. The van der Waals surface area contributed by atoms with Crippen LogP contribution >= 0.6 is 0 Å². The van der Waals surface area contributed by atoms with Gasteiger partial charge in [-0.15, -0.1) is 0 Å². The van der Waals surface area contributed by atoms with Gasteiger partial charge in [0.1, 0.15) is 11.4 Å². The first-order valence-electron chi connectivity index (χ1n) is 5.58. The number of aromatic amines is 1. The molecule has 0 fully saturated rings. The molecule has 0 unspecified atom stereocenters. The summed E-state index contributed by atoms with van der Waals surface area (Å²) in [7, 11) is 0. The number of fused-ring (bicyclic) bond motifs is 1. The number of anilines is 1. The molecular formula is C13H9N3O3. The van der Waals surface area contributed by atoms with Crippen LogP contribution in [0.1, 0.15) is 10.6 Å². The zero-order valence-electron chi connectivity index (χ0n) is 9.71. The Balaban J connectivity index is 2.01. The molecule has 0 aliphatic heterocycles. The van der Waals surface area contributed by atoms with Crippen LogP contribution in [0.3, 0.4) is 0 Å². The predicted molar refractivity (Wildman–Crippen MR) is 69.0 cm³/mol. The van der Waals surface area contributed by atoms with Crippen LogP contribution in [0, 0.1) is 0 Å². The Morgan fingerprint density at radius 3 is 2.89 bits per heavy atom. The quantitative estimate of drug-likeness (QED) is 0.730. The summed E-state index contributed by atoms with van der Waals surface area (Å²) in [5, 5.41) is 9.28. The lowest BCUT2D eigenvalue weighted by atomic mass is 10.2. The van der Waals surface area contributed by atoms with Crippen LogP contribution < -0.4 is 10.7 Å². The van der Waals surface area contributed by atoms with Crippen LogP contribution in [-0.4, -0.2) is 16.1 Å². The van der Waals surface area contributed by atoms with Crippen LogP contribution in [0.2, 0.25) is 0 Å². The smallest absolute Gasteiger partial charge is 0.292 e. The molecule has 2 heterocycles. The number of para-hydroxylation sites is 1. The number of rotatable bonds is 2. The second kappa shape index (κ2) is 4.41. The Kier molecular flexibility index (Phi) is 2.60. The third-order valence-corrected chi connectivity index (χ3v) is 2.61. The van der Waals surface area contributed by atoms with Crippen molar-refractivity contribution >= 4 is 22.7 Å². The first kappa shape index (κ1) is 11.2. The number of carbonyl (C=O) groups excluding carboxylic acids is 1. The molecule has 0 atom stereocenters. The van der Waals surface area contributed by atoms with Gasteiger partial charge in [0.05, 0.1) is 11.6 Å². The van der Waals surface area contributed by atoms with E-state index < -0.39 is 5.91 Å². The molecule has 0 bridgehead atoms. The fourth-order valence-electron chi connectivity index (χ4n) is 1.73. The Bertz CT molecular complexity index is 790. The van der Waals surface area contributed by atoms with Gasteiger partial charge < -0.3 is 9.73 Å². The van der Waals surface area contributed by atoms with Crippen LogP contribution in [0.25, 0.3) is 11.0 Å². The van der Waals surface area contributed by atoms with E-state index in [4.69, 9.17) is 4.42 Å². The normalized spacial score (nSPS) is 10.5. The highest BCUT2D eigenvalue weighted by Gasteiger charge is 2.12. The van der Waals surface area contributed by atoms with E-state index in [0.717, 1.165) is 0 Å². The monoisotopic (exact) mass is 255 g/mol. The molecule has 94 valence electrons. The predicted octanol–water partition coefficient (Wildman–Crippen LogP) is 1.77. The molecular weight excluding hydrogens is 246 g/mol. The summed E-state index contributed by atoms with van der Waals surface area (Å²) in [6.07, 6.45) is 1.51. The first-order chi connectivity index (χ1) is 9.24. The van der Waals surface area contributed by atoms with Crippen molar-refractivity contribution in [1.82, 2.24) is 10.2 Å². The molecule has 0 saturated heterocycles. The molecule has 1 amide bonds. The van der Waals surface area contributed by atoms with Crippen molar-refractivity contribution in [3.63, 3.8) is 0 Å². The van der Waals surface area contributed by atoms with E-state index in [2.05, 4.69) is 15.5 Å². The zero-order chi connectivity index (χ0) is 13.2. The van der Waals surface area contributed by atoms with Crippen molar-refractivity contribution in [2.75, 3.05) is 5.32 Å². The van der Waals surface area contributed by atoms with E-state index in [-0.39, 0.29) is 11.2 Å². The van der Waals surface area contributed by atoms with E-state index in [1.807, 2.05) is 0 Å². The van der Waals surface area contributed by atoms with E-state index in [1.165, 1.54) is 12.3 Å². The average molecular weight is 255 g/mol. The fraction of sp³-hybridized carbons (Fsp3) is 0. The molecule has 3 aromatic rings. The maximum absolute atomic E-state index is 11.9. The number of nitrogens with one attached hydrogen (secondary N) is 2. The minimum atomic E-state index is -0.507. The van der Waals surface area contributed by atoms with Crippen molar-refractivity contribution in [2.45, 2.75) is 0 Å².